The van der Waals surface area contributed by atoms with E-state index in [0.717, 1.165) is 16.8 Å². The van der Waals surface area contributed by atoms with E-state index in [-0.39, 0.29) is 11.3 Å². The summed E-state index contributed by atoms with van der Waals surface area (Å²) in [6.45, 7) is 1.19. The molecule has 35 heavy (non-hydrogen) atoms. The number of aromatic nitrogens is 2. The van der Waals surface area contributed by atoms with Gasteiger partial charge in [0.25, 0.3) is 5.56 Å². The van der Waals surface area contributed by atoms with Gasteiger partial charge in [0.2, 0.25) is 11.7 Å². The van der Waals surface area contributed by atoms with Crippen LogP contribution in [0.25, 0.3) is 10.9 Å². The smallest absolute Gasteiger partial charge is 0.264 e. The van der Waals surface area contributed by atoms with Gasteiger partial charge in [-0.3, -0.25) is 9.78 Å². The molecule has 0 saturated heterocycles. The number of furan rings is 1. The first-order valence-corrected chi connectivity index (χ1v) is 11.0. The Hall–Kier alpha value is -4.47. The predicted molar refractivity (Wildman–Crippen MR) is 132 cm³/mol. The van der Waals surface area contributed by atoms with E-state index >= 15 is 0 Å². The van der Waals surface area contributed by atoms with Gasteiger partial charge in [-0.1, -0.05) is 12.1 Å². The molecular formula is C25H25N5O5. The normalized spacial score (nSPS) is 13.6. The first-order valence-electron chi connectivity index (χ1n) is 11.0. The molecule has 3 N–H and O–H groups in total. The molecule has 0 atom stereocenters. The third-order valence-electron chi connectivity index (χ3n) is 6.04. The number of hydrogen-bond acceptors (Lipinski definition) is 8. The number of nitrogens with two attached hydrogens (primary N) is 1. The topological polar surface area (TPSA) is 128 Å². The van der Waals surface area contributed by atoms with Crippen molar-refractivity contribution in [2.75, 3.05) is 32.8 Å². The molecule has 5 rings (SSSR count). The standard InChI is InChI=1S/C25H25N5O5/c1-32-19-12-17-20(22(34-3)21(19)33-2)24(31)29-25(28-17)30-10-9-15-14(13-30)6-4-7-16(15)27-23(26)18-8-5-11-35-18/h4-8,11-12H,9-10,13H2,1-3H3,(H2,26,27)(H,28,29,31). The van der Waals surface area contributed by atoms with Crippen molar-refractivity contribution in [3.63, 3.8) is 0 Å². The number of hydrogen-bond donors (Lipinski definition) is 2. The number of benzene rings is 2. The van der Waals surface area contributed by atoms with Gasteiger partial charge < -0.3 is 29.3 Å². The van der Waals surface area contributed by atoms with E-state index in [1.54, 1.807) is 24.5 Å². The number of aliphatic imine (C=N–C) groups is 1. The highest BCUT2D eigenvalue weighted by molar-refractivity contribution is 5.96. The Morgan fingerprint density at radius 3 is 2.69 bits per heavy atom. The third kappa shape index (κ3) is 3.92. The summed E-state index contributed by atoms with van der Waals surface area (Å²) in [5.74, 6) is 2.37. The second-order valence-corrected chi connectivity index (χ2v) is 7.99. The quantitative estimate of drug-likeness (QED) is 0.322. The summed E-state index contributed by atoms with van der Waals surface area (Å²) in [5.41, 5.74) is 9.25. The number of rotatable bonds is 6. The molecule has 0 fully saturated rings. The summed E-state index contributed by atoms with van der Waals surface area (Å²) in [7, 11) is 4.50. The molecule has 0 bridgehead atoms. The molecule has 0 aliphatic carbocycles. The summed E-state index contributed by atoms with van der Waals surface area (Å²) < 4.78 is 21.6. The maximum atomic E-state index is 13.1. The summed E-state index contributed by atoms with van der Waals surface area (Å²) in [6.07, 6.45) is 2.27. The van der Waals surface area contributed by atoms with Gasteiger partial charge in [-0.2, -0.15) is 0 Å². The zero-order valence-corrected chi connectivity index (χ0v) is 19.6. The van der Waals surface area contributed by atoms with E-state index in [2.05, 4.69) is 9.98 Å². The Morgan fingerprint density at radius 1 is 1.14 bits per heavy atom. The number of nitrogens with one attached hydrogen (secondary N) is 1. The average molecular weight is 476 g/mol. The summed E-state index contributed by atoms with van der Waals surface area (Å²) in [4.78, 5) is 27.3. The fraction of sp³-hybridized carbons (Fsp3) is 0.240. The highest BCUT2D eigenvalue weighted by Gasteiger charge is 2.24. The maximum absolute atomic E-state index is 13.1. The first-order chi connectivity index (χ1) is 17.0. The van der Waals surface area contributed by atoms with Crippen molar-refractivity contribution in [1.82, 2.24) is 9.97 Å². The van der Waals surface area contributed by atoms with Crippen molar-refractivity contribution in [3.8, 4) is 17.2 Å². The zero-order valence-electron chi connectivity index (χ0n) is 19.6. The molecule has 10 nitrogen and oxygen atoms in total. The number of fused-ring (bicyclic) bond motifs is 2. The fourth-order valence-corrected chi connectivity index (χ4v) is 4.39. The average Bonchev–Trinajstić information content (AvgIpc) is 3.42. The number of nitrogens with zero attached hydrogens (tertiary/aromatic N) is 3. The first kappa shape index (κ1) is 22.3. The summed E-state index contributed by atoms with van der Waals surface area (Å²) in [6, 6.07) is 11.1. The van der Waals surface area contributed by atoms with E-state index in [0.29, 0.717) is 59.5 Å². The number of amidine groups is 1. The van der Waals surface area contributed by atoms with Crippen LogP contribution in [0, 0.1) is 0 Å². The molecule has 2 aromatic carbocycles. The van der Waals surface area contributed by atoms with Crippen molar-refractivity contribution < 1.29 is 18.6 Å². The molecule has 0 radical (unpaired) electrons. The number of methoxy groups -OCH3 is 3. The second kappa shape index (κ2) is 9.05. The van der Waals surface area contributed by atoms with Crippen LogP contribution in [0.2, 0.25) is 0 Å². The van der Waals surface area contributed by atoms with Crippen molar-refractivity contribution in [1.29, 1.82) is 0 Å². The van der Waals surface area contributed by atoms with E-state index in [4.69, 9.17) is 29.3 Å². The van der Waals surface area contributed by atoms with Crippen molar-refractivity contribution in [3.05, 3.63) is 69.9 Å². The van der Waals surface area contributed by atoms with Gasteiger partial charge >= 0.3 is 0 Å². The monoisotopic (exact) mass is 475 g/mol. The molecule has 1 aliphatic heterocycles. The fourth-order valence-electron chi connectivity index (χ4n) is 4.39. The van der Waals surface area contributed by atoms with Gasteiger partial charge in [-0.05, 0) is 35.7 Å². The molecule has 4 aromatic rings. The molecule has 2 aromatic heterocycles. The summed E-state index contributed by atoms with van der Waals surface area (Å²) >= 11 is 0. The third-order valence-corrected chi connectivity index (χ3v) is 6.04. The van der Waals surface area contributed by atoms with Gasteiger partial charge in [0, 0.05) is 19.2 Å². The van der Waals surface area contributed by atoms with Crippen LogP contribution in [0.1, 0.15) is 16.9 Å². The van der Waals surface area contributed by atoms with Crippen LogP contribution >= 0.6 is 0 Å². The molecule has 0 unspecified atom stereocenters. The van der Waals surface area contributed by atoms with Gasteiger partial charge in [0.1, 0.15) is 5.39 Å². The molecule has 1 aliphatic rings. The minimum Gasteiger partial charge on any atom is -0.493 e. The van der Waals surface area contributed by atoms with Crippen LogP contribution in [0.5, 0.6) is 17.2 Å². The number of ether oxygens (including phenoxy) is 3. The minimum absolute atomic E-state index is 0.280. The lowest BCUT2D eigenvalue weighted by molar-refractivity contribution is 0.327. The van der Waals surface area contributed by atoms with Gasteiger partial charge in [-0.25, -0.2) is 9.98 Å². The Balaban J connectivity index is 1.51. The van der Waals surface area contributed by atoms with Crippen molar-refractivity contribution >= 4 is 28.4 Å². The molecule has 10 heteroatoms. The Bertz CT molecular complexity index is 1480. The lowest BCUT2D eigenvalue weighted by atomic mass is 9.98. The van der Waals surface area contributed by atoms with Gasteiger partial charge in [0.15, 0.2) is 23.1 Å². The highest BCUT2D eigenvalue weighted by Crippen LogP contribution is 2.41. The summed E-state index contributed by atoms with van der Waals surface area (Å²) in [5, 5.41) is 0.302. The number of anilines is 1. The molecule has 0 spiro atoms. The zero-order chi connectivity index (χ0) is 24.5. The van der Waals surface area contributed by atoms with Crippen LogP contribution in [0.3, 0.4) is 0 Å². The Kier molecular flexibility index (Phi) is 5.77. The molecule has 0 saturated carbocycles. The molecule has 180 valence electrons. The Morgan fingerprint density at radius 2 is 1.97 bits per heavy atom. The predicted octanol–water partition coefficient (Wildman–Crippen LogP) is 3.14. The lowest BCUT2D eigenvalue weighted by Crippen LogP contribution is -2.33. The maximum Gasteiger partial charge on any atom is 0.264 e. The largest absolute Gasteiger partial charge is 0.493 e. The molecule has 3 heterocycles. The highest BCUT2D eigenvalue weighted by atomic mass is 16.5. The lowest BCUT2D eigenvalue weighted by Gasteiger charge is -2.30. The number of aromatic amines is 1. The van der Waals surface area contributed by atoms with E-state index in [9.17, 15) is 4.79 Å². The van der Waals surface area contributed by atoms with E-state index in [1.165, 1.54) is 21.3 Å². The van der Waals surface area contributed by atoms with Crippen LogP contribution in [0.4, 0.5) is 11.6 Å². The van der Waals surface area contributed by atoms with Crippen LogP contribution < -0.4 is 30.4 Å². The SMILES string of the molecule is COc1cc2nc(N3CCc4c(cccc4N=C(N)c4ccco4)C3)[nH]c(=O)c2c(OC)c1OC. The van der Waals surface area contributed by atoms with Gasteiger partial charge in [0.05, 0.1) is 38.8 Å². The van der Waals surface area contributed by atoms with Crippen molar-refractivity contribution in [2.24, 2.45) is 10.7 Å². The van der Waals surface area contributed by atoms with E-state index < -0.39 is 0 Å². The van der Waals surface area contributed by atoms with Crippen LogP contribution in [0.15, 0.2) is 56.9 Å². The minimum atomic E-state index is -0.321. The molecule has 0 amide bonds. The van der Waals surface area contributed by atoms with Crippen molar-refractivity contribution in [2.45, 2.75) is 13.0 Å². The van der Waals surface area contributed by atoms with Crippen LogP contribution in [-0.4, -0.2) is 43.7 Å². The second-order valence-electron chi connectivity index (χ2n) is 7.99. The number of H-pyrrole nitrogens is 1. The molecular weight excluding hydrogens is 450 g/mol. The van der Waals surface area contributed by atoms with Gasteiger partial charge in [-0.15, -0.1) is 0 Å². The van der Waals surface area contributed by atoms with E-state index in [1.807, 2.05) is 23.1 Å². The van der Waals surface area contributed by atoms with Crippen LogP contribution in [-0.2, 0) is 13.0 Å². The Labute approximate surface area is 201 Å².